The van der Waals surface area contributed by atoms with Gasteiger partial charge in [-0.2, -0.15) is 5.10 Å². The summed E-state index contributed by atoms with van der Waals surface area (Å²) in [5.41, 5.74) is 2.28. The lowest BCUT2D eigenvalue weighted by Gasteiger charge is -1.99. The van der Waals surface area contributed by atoms with E-state index >= 15 is 0 Å². The molecule has 5 heteroatoms. The van der Waals surface area contributed by atoms with Gasteiger partial charge in [0, 0.05) is 12.0 Å². The van der Waals surface area contributed by atoms with E-state index in [0.29, 0.717) is 5.75 Å². The fraction of sp³-hybridized carbons (Fsp3) is 0.333. The van der Waals surface area contributed by atoms with Crippen molar-refractivity contribution in [1.82, 2.24) is 5.43 Å². The molecule has 0 spiro atoms. The van der Waals surface area contributed by atoms with Crippen molar-refractivity contribution in [3.8, 4) is 0 Å². The van der Waals surface area contributed by atoms with E-state index in [1.165, 1.54) is 11.8 Å². The molecule has 0 atom stereocenters. The molecule has 0 bridgehead atoms. The summed E-state index contributed by atoms with van der Waals surface area (Å²) in [5.74, 6) is 0.700. The average molecular weight is 244 g/mol. The van der Waals surface area contributed by atoms with E-state index in [4.69, 9.17) is 0 Å². The molecule has 0 radical (unpaired) electrons. The Kier molecular flexibility index (Phi) is 4.25. The first kappa shape index (κ1) is 8.22. The number of nitrogens with one attached hydrogen (secondary N) is 1. The van der Waals surface area contributed by atoms with Gasteiger partial charge in [0.1, 0.15) is 0 Å². The molecule has 1 rings (SSSR count). The molecule has 0 fully saturated rings. The van der Waals surface area contributed by atoms with E-state index in [-0.39, 0.29) is 29.2 Å². The van der Waals surface area contributed by atoms with Crippen LogP contribution < -0.4 is 5.43 Å². The van der Waals surface area contributed by atoms with Crippen molar-refractivity contribution < 1.29 is 4.79 Å². The lowest BCUT2D eigenvalue weighted by atomic mass is 10.9. The van der Waals surface area contributed by atoms with Crippen LogP contribution in [0.25, 0.3) is 0 Å². The third kappa shape index (κ3) is 2.51. The van der Waals surface area contributed by atoms with Crippen LogP contribution in [0.1, 0.15) is 0 Å². The molecule has 0 saturated carbocycles. The van der Waals surface area contributed by atoms with E-state index in [9.17, 15) is 4.79 Å². The Morgan fingerprint density at radius 2 is 2.62 bits per heavy atom. The van der Waals surface area contributed by atoms with Gasteiger partial charge in [0.05, 0.1) is 0 Å². The Labute approximate surface area is 68.3 Å². The van der Waals surface area contributed by atoms with Crippen molar-refractivity contribution in [1.29, 1.82) is 0 Å². The quantitative estimate of drug-likeness (QED) is 0.647. The molecule has 0 saturated heterocycles. The van der Waals surface area contributed by atoms with Crippen LogP contribution in [0.15, 0.2) is 5.10 Å². The Morgan fingerprint density at radius 1 is 1.88 bits per heavy atom. The summed E-state index contributed by atoms with van der Waals surface area (Å²) >= 11 is 1.22. The first-order valence-corrected chi connectivity index (χ1v) is 2.82. The van der Waals surface area contributed by atoms with Crippen molar-refractivity contribution in [2.24, 2.45) is 5.10 Å². The van der Waals surface area contributed by atoms with Crippen LogP contribution in [0.2, 0.25) is 0 Å². The molecule has 0 aromatic rings. The number of hydrogen-bond acceptors (Lipinski definition) is 3. The minimum atomic E-state index is -0.0671. The highest BCUT2D eigenvalue weighted by molar-refractivity contribution is 14.0. The van der Waals surface area contributed by atoms with Gasteiger partial charge >= 0.3 is 0 Å². The molecule has 1 aliphatic heterocycles. The molecule has 0 unspecified atom stereocenters. The van der Waals surface area contributed by atoms with Gasteiger partial charge in [-0.15, -0.1) is 24.0 Å². The van der Waals surface area contributed by atoms with Crippen LogP contribution in [0.3, 0.4) is 0 Å². The molecule has 0 aromatic heterocycles. The van der Waals surface area contributed by atoms with Crippen molar-refractivity contribution in [3.63, 3.8) is 0 Å². The van der Waals surface area contributed by atoms with Crippen LogP contribution in [0.4, 0.5) is 4.79 Å². The molecule has 1 heterocycles. The minimum Gasteiger partial charge on any atom is -0.260 e. The number of thioether (sulfide) groups is 1. The number of halogens is 1. The average Bonchev–Trinajstić information content (AvgIpc) is 1.69. The molecule has 1 N–H and O–H groups in total. The summed E-state index contributed by atoms with van der Waals surface area (Å²) in [4.78, 5) is 10.2. The molecule has 46 valence electrons. The second-order valence-corrected chi connectivity index (χ2v) is 2.01. The first-order chi connectivity index (χ1) is 3.39. The van der Waals surface area contributed by atoms with Crippen molar-refractivity contribution >= 4 is 47.2 Å². The third-order valence-electron chi connectivity index (χ3n) is 0.536. The SMILES string of the molecule is I.O=C1NN=CCS1. The molecular formula is C3H5IN2OS. The van der Waals surface area contributed by atoms with Gasteiger partial charge in [-0.05, 0) is 0 Å². The summed E-state index contributed by atoms with van der Waals surface area (Å²) < 4.78 is 0. The zero-order chi connectivity index (χ0) is 5.11. The van der Waals surface area contributed by atoms with Gasteiger partial charge in [-0.1, -0.05) is 11.8 Å². The monoisotopic (exact) mass is 244 g/mol. The summed E-state index contributed by atoms with van der Waals surface area (Å²) in [6, 6.07) is 0. The molecule has 3 nitrogen and oxygen atoms in total. The van der Waals surface area contributed by atoms with Gasteiger partial charge in [0.2, 0.25) is 0 Å². The van der Waals surface area contributed by atoms with E-state index in [0.717, 1.165) is 0 Å². The molecule has 1 aliphatic rings. The largest absolute Gasteiger partial charge is 0.299 e. The van der Waals surface area contributed by atoms with Crippen LogP contribution in [0, 0.1) is 0 Å². The summed E-state index contributed by atoms with van der Waals surface area (Å²) in [6.45, 7) is 0. The predicted octanol–water partition coefficient (Wildman–Crippen LogP) is 1.05. The predicted molar refractivity (Wildman–Crippen MR) is 44.9 cm³/mol. The molecule has 0 aliphatic carbocycles. The lowest BCUT2D eigenvalue weighted by molar-refractivity contribution is 0.261. The van der Waals surface area contributed by atoms with Crippen LogP contribution in [-0.2, 0) is 0 Å². The van der Waals surface area contributed by atoms with E-state index < -0.39 is 0 Å². The molecular weight excluding hydrogens is 239 g/mol. The van der Waals surface area contributed by atoms with Crippen LogP contribution in [0.5, 0.6) is 0 Å². The normalized spacial score (nSPS) is 16.8. The van der Waals surface area contributed by atoms with E-state index in [1.54, 1.807) is 6.21 Å². The van der Waals surface area contributed by atoms with Crippen LogP contribution >= 0.6 is 35.7 Å². The highest BCUT2D eigenvalue weighted by atomic mass is 127. The van der Waals surface area contributed by atoms with Crippen molar-refractivity contribution in [2.45, 2.75) is 0 Å². The molecule has 0 aromatic carbocycles. The maximum Gasteiger partial charge on any atom is 0.299 e. The highest BCUT2D eigenvalue weighted by Crippen LogP contribution is 2.00. The number of carbonyl (C=O) groups excluding carboxylic acids is 1. The van der Waals surface area contributed by atoms with Gasteiger partial charge in [0.15, 0.2) is 0 Å². The second-order valence-electron chi connectivity index (χ2n) is 1.02. The standard InChI is InChI=1S/C3H4N2OS.HI/c6-3-5-4-1-2-7-3;/h1H,2H2,(H,5,6);1H. The number of amides is 1. The highest BCUT2D eigenvalue weighted by Gasteiger charge is 2.00. The number of nitrogens with zero attached hydrogens (tertiary/aromatic N) is 1. The minimum absolute atomic E-state index is 0. The zero-order valence-electron chi connectivity index (χ0n) is 3.96. The second kappa shape index (κ2) is 4.13. The topological polar surface area (TPSA) is 41.5 Å². The van der Waals surface area contributed by atoms with Gasteiger partial charge in [-0.25, -0.2) is 5.43 Å². The van der Waals surface area contributed by atoms with Crippen molar-refractivity contribution in [3.05, 3.63) is 0 Å². The maximum atomic E-state index is 10.2. The van der Waals surface area contributed by atoms with E-state index in [1.807, 2.05) is 0 Å². The molecule has 8 heavy (non-hydrogen) atoms. The maximum absolute atomic E-state index is 10.2. The van der Waals surface area contributed by atoms with E-state index in [2.05, 4.69) is 10.5 Å². The summed E-state index contributed by atoms with van der Waals surface area (Å²) in [6.07, 6.45) is 1.66. The first-order valence-electron chi connectivity index (χ1n) is 1.84. The fourth-order valence-electron chi connectivity index (χ4n) is 0.281. The Morgan fingerprint density at radius 3 is 2.88 bits per heavy atom. The number of hydrogen-bond donors (Lipinski definition) is 1. The summed E-state index contributed by atoms with van der Waals surface area (Å²) in [5, 5.41) is 3.45. The van der Waals surface area contributed by atoms with Gasteiger partial charge in [-0.3, -0.25) is 4.79 Å². The fourth-order valence-corrected chi connectivity index (χ4v) is 0.699. The zero-order valence-corrected chi connectivity index (χ0v) is 7.10. The molecule has 1 amide bonds. The lowest BCUT2D eigenvalue weighted by Crippen LogP contribution is -2.16. The Balaban J connectivity index is 0.000000490. The Hall–Kier alpha value is 0.220. The van der Waals surface area contributed by atoms with Crippen LogP contribution in [-0.4, -0.2) is 17.2 Å². The number of carbonyl (C=O) groups is 1. The summed E-state index contributed by atoms with van der Waals surface area (Å²) in [7, 11) is 0. The smallest absolute Gasteiger partial charge is 0.260 e. The third-order valence-corrected chi connectivity index (χ3v) is 1.21. The van der Waals surface area contributed by atoms with Gasteiger partial charge in [0.25, 0.3) is 5.24 Å². The number of hydrazone groups is 1. The number of rotatable bonds is 0. The van der Waals surface area contributed by atoms with Gasteiger partial charge < -0.3 is 0 Å². The van der Waals surface area contributed by atoms with Crippen molar-refractivity contribution in [2.75, 3.05) is 5.75 Å². The Bertz CT molecular complexity index is 116.